The summed E-state index contributed by atoms with van der Waals surface area (Å²) < 4.78 is 40.3. The van der Waals surface area contributed by atoms with Gasteiger partial charge in [0.1, 0.15) is 12.4 Å². The minimum absolute atomic E-state index is 0.0379. The highest BCUT2D eigenvalue weighted by Gasteiger charge is 2.11. The van der Waals surface area contributed by atoms with E-state index in [2.05, 4.69) is 15.0 Å². The van der Waals surface area contributed by atoms with Gasteiger partial charge in [-0.05, 0) is 54.0 Å². The first kappa shape index (κ1) is 23.7. The second-order valence-electron chi connectivity index (χ2n) is 6.96. The largest absolute Gasteiger partial charge is 0.493 e. The number of rotatable bonds is 11. The van der Waals surface area contributed by atoms with E-state index in [9.17, 15) is 13.6 Å². The number of ether oxygens (including phenoxy) is 3. The molecular weight excluding hydrogens is 430 g/mol. The van der Waals surface area contributed by atoms with E-state index < -0.39 is 6.61 Å². The van der Waals surface area contributed by atoms with Crippen LogP contribution in [0.4, 0.5) is 8.78 Å². The molecule has 0 saturated heterocycles. The lowest BCUT2D eigenvalue weighted by Crippen LogP contribution is -2.23. The van der Waals surface area contributed by atoms with Crippen LogP contribution < -0.4 is 19.5 Å². The number of methoxy groups -OCH3 is 1. The van der Waals surface area contributed by atoms with Gasteiger partial charge in [0, 0.05) is 30.6 Å². The molecule has 0 aliphatic carbocycles. The number of carbonyl (C=O) groups excluding carboxylic acids is 1. The molecule has 172 valence electrons. The molecule has 2 aromatic carbocycles. The maximum Gasteiger partial charge on any atom is 0.387 e. The van der Waals surface area contributed by atoms with Crippen LogP contribution in [-0.2, 0) is 17.8 Å². The average Bonchev–Trinajstić information content (AvgIpc) is 2.82. The van der Waals surface area contributed by atoms with Crippen molar-refractivity contribution in [3.63, 3.8) is 0 Å². The second kappa shape index (κ2) is 12.2. The zero-order valence-corrected chi connectivity index (χ0v) is 18.0. The van der Waals surface area contributed by atoms with E-state index in [-0.39, 0.29) is 17.4 Å². The van der Waals surface area contributed by atoms with Gasteiger partial charge in [-0.2, -0.15) is 8.78 Å². The third-order valence-electron chi connectivity index (χ3n) is 4.59. The fourth-order valence-electron chi connectivity index (χ4n) is 2.95. The van der Waals surface area contributed by atoms with Crippen molar-refractivity contribution in [2.75, 3.05) is 13.7 Å². The number of carbonyl (C=O) groups is 1. The molecule has 3 rings (SSSR count). The van der Waals surface area contributed by atoms with Crippen LogP contribution in [0.25, 0.3) is 6.08 Å². The summed E-state index contributed by atoms with van der Waals surface area (Å²) in [6, 6.07) is 15.9. The molecule has 1 heterocycles. The fourth-order valence-corrected chi connectivity index (χ4v) is 2.95. The summed E-state index contributed by atoms with van der Waals surface area (Å²) in [5.74, 6) is 0.642. The number of benzene rings is 2. The number of alkyl halides is 2. The molecule has 0 radical (unpaired) electrons. The zero-order chi connectivity index (χ0) is 23.5. The number of pyridine rings is 1. The summed E-state index contributed by atoms with van der Waals surface area (Å²) >= 11 is 0. The van der Waals surface area contributed by atoms with Gasteiger partial charge in [0.25, 0.3) is 0 Å². The number of hydrogen-bond donors (Lipinski definition) is 1. The van der Waals surface area contributed by atoms with Gasteiger partial charge in [0.05, 0.1) is 7.11 Å². The molecule has 0 fully saturated rings. The highest BCUT2D eigenvalue weighted by atomic mass is 19.3. The molecule has 0 bridgehead atoms. The second-order valence-corrected chi connectivity index (χ2v) is 6.96. The Morgan fingerprint density at radius 3 is 2.61 bits per heavy atom. The lowest BCUT2D eigenvalue weighted by atomic mass is 10.1. The highest BCUT2D eigenvalue weighted by Crippen LogP contribution is 2.29. The summed E-state index contributed by atoms with van der Waals surface area (Å²) in [6.07, 6.45) is 7.04. The average molecular weight is 454 g/mol. The van der Waals surface area contributed by atoms with Crippen molar-refractivity contribution in [1.29, 1.82) is 0 Å². The molecule has 0 atom stereocenters. The quantitative estimate of drug-likeness (QED) is 0.428. The molecule has 0 aliphatic rings. The van der Waals surface area contributed by atoms with E-state index in [1.807, 2.05) is 36.4 Å². The minimum Gasteiger partial charge on any atom is -0.493 e. The topological polar surface area (TPSA) is 69.7 Å². The van der Waals surface area contributed by atoms with Crippen molar-refractivity contribution in [2.24, 2.45) is 0 Å². The van der Waals surface area contributed by atoms with Crippen LogP contribution >= 0.6 is 0 Å². The number of halogens is 2. The lowest BCUT2D eigenvalue weighted by molar-refractivity contribution is -0.116. The first-order valence-electron chi connectivity index (χ1n) is 10.2. The van der Waals surface area contributed by atoms with Gasteiger partial charge in [-0.3, -0.25) is 9.78 Å². The van der Waals surface area contributed by atoms with Crippen molar-refractivity contribution < 1.29 is 27.8 Å². The van der Waals surface area contributed by atoms with E-state index in [1.54, 1.807) is 30.6 Å². The predicted octanol–water partition coefficient (Wildman–Crippen LogP) is 4.64. The zero-order valence-electron chi connectivity index (χ0n) is 18.0. The molecule has 1 N–H and O–H groups in total. The van der Waals surface area contributed by atoms with Crippen LogP contribution in [0, 0.1) is 0 Å². The number of nitrogens with one attached hydrogen (secondary N) is 1. The molecule has 33 heavy (non-hydrogen) atoms. The van der Waals surface area contributed by atoms with Crippen molar-refractivity contribution in [3.05, 3.63) is 89.8 Å². The third kappa shape index (κ3) is 7.92. The van der Waals surface area contributed by atoms with Crippen LogP contribution in [0.2, 0.25) is 0 Å². The molecule has 3 aromatic rings. The molecule has 8 heteroatoms. The van der Waals surface area contributed by atoms with Gasteiger partial charge in [0.2, 0.25) is 5.91 Å². The number of aromatic nitrogens is 1. The third-order valence-corrected chi connectivity index (χ3v) is 4.59. The predicted molar refractivity (Wildman–Crippen MR) is 120 cm³/mol. The van der Waals surface area contributed by atoms with E-state index in [1.165, 1.54) is 19.3 Å². The molecule has 1 aromatic heterocycles. The fraction of sp³-hybridized carbons (Fsp3) is 0.200. The van der Waals surface area contributed by atoms with E-state index >= 15 is 0 Å². The molecule has 0 spiro atoms. The lowest BCUT2D eigenvalue weighted by Gasteiger charge is -2.11. The summed E-state index contributed by atoms with van der Waals surface area (Å²) in [4.78, 5) is 16.1. The van der Waals surface area contributed by atoms with E-state index in [4.69, 9.17) is 9.47 Å². The van der Waals surface area contributed by atoms with Gasteiger partial charge in [0.15, 0.2) is 11.5 Å². The van der Waals surface area contributed by atoms with Gasteiger partial charge in [-0.25, -0.2) is 0 Å². The smallest absolute Gasteiger partial charge is 0.387 e. The summed E-state index contributed by atoms with van der Waals surface area (Å²) in [6.45, 7) is -2.18. The Morgan fingerprint density at radius 2 is 1.91 bits per heavy atom. The summed E-state index contributed by atoms with van der Waals surface area (Å²) in [5.41, 5.74) is 2.56. The molecular formula is C25H24F2N2O4. The van der Waals surface area contributed by atoms with Gasteiger partial charge in [-0.1, -0.05) is 24.3 Å². The Balaban J connectivity index is 1.44. The normalized spacial score (nSPS) is 10.9. The Bertz CT molecular complexity index is 1060. The Morgan fingerprint density at radius 1 is 1.09 bits per heavy atom. The first-order chi connectivity index (χ1) is 16.0. The van der Waals surface area contributed by atoms with Crippen molar-refractivity contribution in [2.45, 2.75) is 19.6 Å². The molecule has 6 nitrogen and oxygen atoms in total. The molecule has 0 unspecified atom stereocenters. The van der Waals surface area contributed by atoms with Crippen molar-refractivity contribution in [1.82, 2.24) is 10.3 Å². The number of amides is 1. The van der Waals surface area contributed by atoms with Gasteiger partial charge >= 0.3 is 6.61 Å². The molecule has 0 saturated carbocycles. The molecule has 1 amide bonds. The van der Waals surface area contributed by atoms with E-state index in [0.717, 1.165) is 22.4 Å². The van der Waals surface area contributed by atoms with Crippen molar-refractivity contribution >= 4 is 12.0 Å². The van der Waals surface area contributed by atoms with Gasteiger partial charge in [-0.15, -0.1) is 0 Å². The summed E-state index contributed by atoms with van der Waals surface area (Å²) in [7, 11) is 1.38. The standard InChI is InChI=1S/C25H24F2N2O4/c1-31-22-10-6-19(15-23(22)33-25(26)27)12-14-29-24(30)11-7-18-4-8-21(9-5-18)32-17-20-3-2-13-28-16-20/h2-11,13,15-16,25H,12,14,17H2,1H3,(H,29,30)/b11-7+. The first-order valence-corrected chi connectivity index (χ1v) is 10.2. The molecule has 0 aliphatic heterocycles. The summed E-state index contributed by atoms with van der Waals surface area (Å²) in [5, 5.41) is 2.76. The highest BCUT2D eigenvalue weighted by molar-refractivity contribution is 5.91. The Hall–Kier alpha value is -3.94. The van der Waals surface area contributed by atoms with Crippen LogP contribution in [0.1, 0.15) is 16.7 Å². The van der Waals surface area contributed by atoms with Crippen molar-refractivity contribution in [3.8, 4) is 17.2 Å². The Kier molecular flexibility index (Phi) is 8.76. The maximum absolute atomic E-state index is 12.5. The Labute approximate surface area is 190 Å². The SMILES string of the molecule is COc1ccc(CCNC(=O)/C=C/c2ccc(OCc3cccnc3)cc2)cc1OC(F)F. The van der Waals surface area contributed by atoms with E-state index in [0.29, 0.717) is 19.6 Å². The number of hydrogen-bond acceptors (Lipinski definition) is 5. The van der Waals surface area contributed by atoms with Crippen LogP contribution in [0.15, 0.2) is 73.1 Å². The number of nitrogens with zero attached hydrogens (tertiary/aromatic N) is 1. The van der Waals surface area contributed by atoms with Crippen LogP contribution in [-0.4, -0.2) is 31.2 Å². The minimum atomic E-state index is -2.94. The van der Waals surface area contributed by atoms with Gasteiger partial charge < -0.3 is 19.5 Å². The van der Waals surface area contributed by atoms with Crippen LogP contribution in [0.3, 0.4) is 0 Å². The maximum atomic E-state index is 12.5. The monoisotopic (exact) mass is 454 g/mol. The van der Waals surface area contributed by atoms with Crippen LogP contribution in [0.5, 0.6) is 17.2 Å².